The fraction of sp³-hybridized carbons (Fsp3) is 0.0952. The lowest BCUT2D eigenvalue weighted by atomic mass is 10.2. The number of carbonyl (C=O) groups excluding carboxylic acids is 1. The Morgan fingerprint density at radius 3 is 2.45 bits per heavy atom. The maximum absolute atomic E-state index is 12.5. The Morgan fingerprint density at radius 1 is 0.966 bits per heavy atom. The Hall–Kier alpha value is -3.58. The van der Waals surface area contributed by atoms with Crippen LogP contribution in [0.3, 0.4) is 0 Å². The molecule has 0 unspecified atom stereocenters. The third-order valence-corrected chi connectivity index (χ3v) is 4.39. The second-order valence-electron chi connectivity index (χ2n) is 6.29. The summed E-state index contributed by atoms with van der Waals surface area (Å²) in [4.78, 5) is 12.5. The van der Waals surface area contributed by atoms with Gasteiger partial charge in [0.25, 0.3) is 5.91 Å². The van der Waals surface area contributed by atoms with Gasteiger partial charge in [-0.2, -0.15) is 10.2 Å². The normalized spacial score (nSPS) is 10.7. The molecule has 0 radical (unpaired) electrons. The number of anilines is 1. The van der Waals surface area contributed by atoms with E-state index in [-0.39, 0.29) is 12.4 Å². The molecule has 2 heterocycles. The van der Waals surface area contributed by atoms with Crippen LogP contribution in [0.4, 0.5) is 5.82 Å². The van der Waals surface area contributed by atoms with Gasteiger partial charge >= 0.3 is 0 Å². The Morgan fingerprint density at radius 2 is 1.69 bits per heavy atom. The number of hydrogen-bond donors (Lipinski definition) is 1. The molecule has 1 amide bonds. The molecule has 0 saturated carbocycles. The SMILES string of the molecule is O=C(Nc1nn(Cc2ccccc2)cc1Cl)c1ccn(COc2ccccc2)n1. The van der Waals surface area contributed by atoms with Crippen LogP contribution in [0.15, 0.2) is 79.1 Å². The molecule has 0 spiro atoms. The van der Waals surface area contributed by atoms with Gasteiger partial charge < -0.3 is 10.1 Å². The molecule has 0 aliphatic rings. The van der Waals surface area contributed by atoms with Crippen molar-refractivity contribution in [2.45, 2.75) is 13.3 Å². The number of para-hydroxylation sites is 1. The number of nitrogens with zero attached hydrogens (tertiary/aromatic N) is 4. The zero-order chi connectivity index (χ0) is 20.1. The van der Waals surface area contributed by atoms with Crippen molar-refractivity contribution in [1.29, 1.82) is 0 Å². The van der Waals surface area contributed by atoms with Crippen LogP contribution in [-0.2, 0) is 13.3 Å². The standard InChI is InChI=1S/C21H18ClN5O2/c22-18-14-27(13-16-7-3-1-4-8-16)25-20(18)23-21(28)19-11-12-26(24-19)15-29-17-9-5-2-6-10-17/h1-12,14H,13,15H2,(H,23,25,28). The number of halogens is 1. The summed E-state index contributed by atoms with van der Waals surface area (Å²) < 4.78 is 8.83. The van der Waals surface area contributed by atoms with Crippen molar-refractivity contribution in [1.82, 2.24) is 19.6 Å². The summed E-state index contributed by atoms with van der Waals surface area (Å²) in [5, 5.41) is 11.6. The molecule has 146 valence electrons. The number of rotatable bonds is 7. The minimum atomic E-state index is -0.393. The Bertz CT molecular complexity index is 1090. The maximum Gasteiger partial charge on any atom is 0.277 e. The number of nitrogens with one attached hydrogen (secondary N) is 1. The zero-order valence-electron chi connectivity index (χ0n) is 15.4. The summed E-state index contributed by atoms with van der Waals surface area (Å²) in [5.74, 6) is 0.628. The lowest BCUT2D eigenvalue weighted by Crippen LogP contribution is -2.15. The number of ether oxygens (including phenoxy) is 1. The van der Waals surface area contributed by atoms with Crippen molar-refractivity contribution in [3.05, 3.63) is 95.4 Å². The van der Waals surface area contributed by atoms with Crippen molar-refractivity contribution in [2.24, 2.45) is 0 Å². The molecule has 0 bridgehead atoms. The monoisotopic (exact) mass is 407 g/mol. The highest BCUT2D eigenvalue weighted by atomic mass is 35.5. The quantitative estimate of drug-likeness (QED) is 0.501. The van der Waals surface area contributed by atoms with Gasteiger partial charge in [0.05, 0.1) is 6.54 Å². The van der Waals surface area contributed by atoms with E-state index in [9.17, 15) is 4.79 Å². The van der Waals surface area contributed by atoms with Crippen LogP contribution in [0.5, 0.6) is 5.75 Å². The number of amides is 1. The Kier molecular flexibility index (Phi) is 5.58. The molecule has 0 atom stereocenters. The van der Waals surface area contributed by atoms with Crippen molar-refractivity contribution in [3.63, 3.8) is 0 Å². The average Bonchev–Trinajstić information content (AvgIpc) is 3.35. The van der Waals surface area contributed by atoms with Crippen molar-refractivity contribution < 1.29 is 9.53 Å². The van der Waals surface area contributed by atoms with Gasteiger partial charge in [-0.15, -0.1) is 0 Å². The Labute approximate surface area is 172 Å². The van der Waals surface area contributed by atoms with Gasteiger partial charge in [-0.1, -0.05) is 60.1 Å². The highest BCUT2D eigenvalue weighted by molar-refractivity contribution is 6.33. The molecule has 8 heteroatoms. The summed E-state index contributed by atoms with van der Waals surface area (Å²) in [6.07, 6.45) is 3.35. The minimum absolute atomic E-state index is 0.198. The fourth-order valence-corrected chi connectivity index (χ4v) is 2.91. The van der Waals surface area contributed by atoms with E-state index in [1.54, 1.807) is 23.1 Å². The molecular formula is C21H18ClN5O2. The maximum atomic E-state index is 12.5. The average molecular weight is 408 g/mol. The zero-order valence-corrected chi connectivity index (χ0v) is 16.2. The smallest absolute Gasteiger partial charge is 0.277 e. The van der Waals surface area contributed by atoms with Crippen LogP contribution in [0, 0.1) is 0 Å². The molecule has 4 rings (SSSR count). The van der Waals surface area contributed by atoms with Crippen molar-refractivity contribution in [3.8, 4) is 5.75 Å². The molecule has 1 N–H and O–H groups in total. The molecule has 0 fully saturated rings. The van der Waals surface area contributed by atoms with E-state index in [4.69, 9.17) is 16.3 Å². The van der Waals surface area contributed by atoms with Gasteiger partial charge in [0.15, 0.2) is 18.2 Å². The third kappa shape index (κ3) is 4.83. The molecule has 0 aliphatic heterocycles. The first kappa shape index (κ1) is 18.8. The van der Waals surface area contributed by atoms with Crippen LogP contribution in [0.1, 0.15) is 16.1 Å². The van der Waals surface area contributed by atoms with E-state index in [1.165, 1.54) is 4.68 Å². The number of hydrogen-bond acceptors (Lipinski definition) is 4. The molecule has 0 aliphatic carbocycles. The van der Waals surface area contributed by atoms with E-state index < -0.39 is 5.91 Å². The molecule has 4 aromatic rings. The first-order valence-electron chi connectivity index (χ1n) is 8.97. The largest absolute Gasteiger partial charge is 0.471 e. The summed E-state index contributed by atoms with van der Waals surface area (Å²) in [7, 11) is 0. The summed E-state index contributed by atoms with van der Waals surface area (Å²) in [5.41, 5.74) is 1.33. The van der Waals surface area contributed by atoms with Gasteiger partial charge in [-0.3, -0.25) is 9.48 Å². The topological polar surface area (TPSA) is 74.0 Å². The molecule has 29 heavy (non-hydrogen) atoms. The van der Waals surface area contributed by atoms with E-state index in [0.29, 0.717) is 17.4 Å². The van der Waals surface area contributed by atoms with E-state index in [0.717, 1.165) is 11.3 Å². The molecule has 7 nitrogen and oxygen atoms in total. The van der Waals surface area contributed by atoms with Crippen LogP contribution in [0.25, 0.3) is 0 Å². The van der Waals surface area contributed by atoms with Crippen LogP contribution < -0.4 is 10.1 Å². The summed E-state index contributed by atoms with van der Waals surface area (Å²) in [6.45, 7) is 0.756. The van der Waals surface area contributed by atoms with Gasteiger partial charge in [0.1, 0.15) is 10.8 Å². The number of carbonyl (C=O) groups is 1. The van der Waals surface area contributed by atoms with Crippen molar-refractivity contribution in [2.75, 3.05) is 5.32 Å². The number of benzene rings is 2. The van der Waals surface area contributed by atoms with Crippen LogP contribution in [-0.4, -0.2) is 25.5 Å². The number of aromatic nitrogens is 4. The van der Waals surface area contributed by atoms with E-state index in [1.807, 2.05) is 60.7 Å². The third-order valence-electron chi connectivity index (χ3n) is 4.12. The van der Waals surface area contributed by atoms with Gasteiger partial charge in [0, 0.05) is 12.4 Å². The van der Waals surface area contributed by atoms with E-state index in [2.05, 4.69) is 15.5 Å². The second kappa shape index (κ2) is 8.62. The minimum Gasteiger partial charge on any atom is -0.471 e. The van der Waals surface area contributed by atoms with Crippen LogP contribution in [0.2, 0.25) is 5.02 Å². The van der Waals surface area contributed by atoms with Gasteiger partial charge in [0.2, 0.25) is 0 Å². The molecule has 0 saturated heterocycles. The molecule has 2 aromatic heterocycles. The lowest BCUT2D eigenvalue weighted by Gasteiger charge is -2.05. The highest BCUT2D eigenvalue weighted by Gasteiger charge is 2.15. The first-order chi connectivity index (χ1) is 14.2. The van der Waals surface area contributed by atoms with Crippen LogP contribution >= 0.6 is 11.6 Å². The predicted molar refractivity (Wildman–Crippen MR) is 110 cm³/mol. The summed E-state index contributed by atoms with van der Waals surface area (Å²) >= 11 is 6.22. The Balaban J connectivity index is 1.37. The molecular weight excluding hydrogens is 390 g/mol. The summed E-state index contributed by atoms with van der Waals surface area (Å²) in [6, 6.07) is 20.9. The first-order valence-corrected chi connectivity index (χ1v) is 9.35. The predicted octanol–water partition coefficient (Wildman–Crippen LogP) is 4.07. The lowest BCUT2D eigenvalue weighted by molar-refractivity contribution is 0.101. The van der Waals surface area contributed by atoms with Crippen molar-refractivity contribution >= 4 is 23.3 Å². The van der Waals surface area contributed by atoms with E-state index >= 15 is 0 Å². The fourth-order valence-electron chi connectivity index (χ4n) is 2.72. The van der Waals surface area contributed by atoms with Gasteiger partial charge in [-0.05, 0) is 23.8 Å². The molecule has 2 aromatic carbocycles. The van der Waals surface area contributed by atoms with Gasteiger partial charge in [-0.25, -0.2) is 4.68 Å². The highest BCUT2D eigenvalue weighted by Crippen LogP contribution is 2.20. The second-order valence-corrected chi connectivity index (χ2v) is 6.70.